The van der Waals surface area contributed by atoms with Crippen molar-refractivity contribution >= 4 is 52.2 Å². The van der Waals surface area contributed by atoms with Gasteiger partial charge in [0.05, 0.1) is 21.4 Å². The van der Waals surface area contributed by atoms with Gasteiger partial charge < -0.3 is 9.88 Å². The summed E-state index contributed by atoms with van der Waals surface area (Å²) in [5, 5.41) is 23.0. The number of non-ortho nitro benzene ring substituents is 1. The molecule has 0 bridgehead atoms. The number of nitrogens with one attached hydrogen (secondary N) is 1. The first kappa shape index (κ1) is 20.1. The summed E-state index contributed by atoms with van der Waals surface area (Å²) >= 11 is 13.1. The predicted octanol–water partition coefficient (Wildman–Crippen LogP) is 4.43. The number of thioether (sulfide) groups is 1. The number of nitro groups is 1. The molecule has 11 heteroatoms. The van der Waals surface area contributed by atoms with Gasteiger partial charge >= 0.3 is 0 Å². The molecule has 144 valence electrons. The Morgan fingerprint density at radius 1 is 1.21 bits per heavy atom. The Labute approximate surface area is 174 Å². The number of carbonyl (C=O) groups is 1. The van der Waals surface area contributed by atoms with Gasteiger partial charge in [0.1, 0.15) is 0 Å². The molecule has 1 N–H and O–H groups in total. The predicted molar refractivity (Wildman–Crippen MR) is 109 cm³/mol. The van der Waals surface area contributed by atoms with Crippen LogP contribution in [0.15, 0.2) is 47.6 Å². The van der Waals surface area contributed by atoms with Crippen LogP contribution >= 0.6 is 35.0 Å². The second-order valence-corrected chi connectivity index (χ2v) is 7.42. The summed E-state index contributed by atoms with van der Waals surface area (Å²) in [6.07, 6.45) is 0. The van der Waals surface area contributed by atoms with E-state index in [1.54, 1.807) is 41.9 Å². The Balaban J connectivity index is 1.65. The van der Waals surface area contributed by atoms with E-state index >= 15 is 0 Å². The SMILES string of the molecule is Cn1c(SCC(=O)Nc2ccc(Cl)cc2Cl)nnc1-c1ccc([N+](=O)[O-])cc1. The van der Waals surface area contributed by atoms with Crippen LogP contribution in [-0.4, -0.2) is 31.3 Å². The minimum atomic E-state index is -0.465. The molecule has 0 aliphatic carbocycles. The highest BCUT2D eigenvalue weighted by Gasteiger charge is 2.15. The lowest BCUT2D eigenvalue weighted by Crippen LogP contribution is -2.14. The Bertz CT molecular complexity index is 1040. The van der Waals surface area contributed by atoms with Crippen molar-refractivity contribution in [3.8, 4) is 11.4 Å². The van der Waals surface area contributed by atoms with Crippen molar-refractivity contribution in [3.63, 3.8) is 0 Å². The number of carbonyl (C=O) groups excluding carboxylic acids is 1. The normalized spacial score (nSPS) is 10.7. The summed E-state index contributed by atoms with van der Waals surface area (Å²) in [7, 11) is 1.76. The molecule has 1 heterocycles. The van der Waals surface area contributed by atoms with Crippen LogP contribution in [0.2, 0.25) is 10.0 Å². The molecule has 3 aromatic rings. The molecule has 8 nitrogen and oxygen atoms in total. The van der Waals surface area contributed by atoms with E-state index in [1.807, 2.05) is 0 Å². The van der Waals surface area contributed by atoms with E-state index in [1.165, 1.54) is 23.9 Å². The lowest BCUT2D eigenvalue weighted by Gasteiger charge is -2.07. The molecule has 3 rings (SSSR count). The van der Waals surface area contributed by atoms with Crippen molar-refractivity contribution in [2.24, 2.45) is 7.05 Å². The minimum absolute atomic E-state index is 0.00181. The number of amides is 1. The molecular weight excluding hydrogens is 425 g/mol. The van der Waals surface area contributed by atoms with Gasteiger partial charge in [0, 0.05) is 29.8 Å². The number of benzene rings is 2. The first-order chi connectivity index (χ1) is 13.3. The molecule has 0 atom stereocenters. The number of hydrogen-bond donors (Lipinski definition) is 1. The van der Waals surface area contributed by atoms with Crippen LogP contribution in [0.3, 0.4) is 0 Å². The van der Waals surface area contributed by atoms with E-state index in [9.17, 15) is 14.9 Å². The lowest BCUT2D eigenvalue weighted by molar-refractivity contribution is -0.384. The molecule has 0 fully saturated rings. The standard InChI is InChI=1S/C17H13Cl2N5O3S/c1-23-16(10-2-5-12(6-3-10)24(26)27)21-22-17(23)28-9-15(25)20-14-7-4-11(18)8-13(14)19/h2-8H,9H2,1H3,(H,20,25). The van der Waals surface area contributed by atoms with Crippen LogP contribution in [0.4, 0.5) is 11.4 Å². The fraction of sp³-hybridized carbons (Fsp3) is 0.118. The third kappa shape index (κ3) is 4.61. The summed E-state index contributed by atoms with van der Waals surface area (Å²) in [6, 6.07) is 10.8. The number of rotatable bonds is 6. The van der Waals surface area contributed by atoms with Crippen LogP contribution in [0.25, 0.3) is 11.4 Å². The van der Waals surface area contributed by atoms with Gasteiger partial charge in [-0.2, -0.15) is 0 Å². The molecule has 0 spiro atoms. The summed E-state index contributed by atoms with van der Waals surface area (Å²) in [6.45, 7) is 0. The molecule has 0 aliphatic heterocycles. The lowest BCUT2D eigenvalue weighted by atomic mass is 10.2. The van der Waals surface area contributed by atoms with Crippen molar-refractivity contribution in [1.29, 1.82) is 0 Å². The van der Waals surface area contributed by atoms with Crippen LogP contribution in [0, 0.1) is 10.1 Å². The van der Waals surface area contributed by atoms with Crippen molar-refractivity contribution in [2.45, 2.75) is 5.16 Å². The average molecular weight is 438 g/mol. The topological polar surface area (TPSA) is 103 Å². The molecule has 0 unspecified atom stereocenters. The summed E-state index contributed by atoms with van der Waals surface area (Å²) in [5.74, 6) is 0.387. The number of nitrogens with zero attached hydrogens (tertiary/aromatic N) is 4. The van der Waals surface area contributed by atoms with Crippen LogP contribution < -0.4 is 5.32 Å². The summed E-state index contributed by atoms with van der Waals surface area (Å²) in [4.78, 5) is 22.5. The summed E-state index contributed by atoms with van der Waals surface area (Å²) in [5.41, 5.74) is 1.16. The number of anilines is 1. The van der Waals surface area contributed by atoms with Crippen molar-refractivity contribution < 1.29 is 9.72 Å². The largest absolute Gasteiger partial charge is 0.324 e. The van der Waals surface area contributed by atoms with Gasteiger partial charge in [-0.3, -0.25) is 14.9 Å². The van der Waals surface area contributed by atoms with Gasteiger partial charge in [-0.15, -0.1) is 10.2 Å². The van der Waals surface area contributed by atoms with Crippen molar-refractivity contribution in [1.82, 2.24) is 14.8 Å². The van der Waals surface area contributed by atoms with E-state index in [2.05, 4.69) is 15.5 Å². The third-order valence-corrected chi connectivity index (χ3v) is 5.28. The zero-order valence-electron chi connectivity index (χ0n) is 14.4. The van der Waals surface area contributed by atoms with Crippen molar-refractivity contribution in [3.05, 3.63) is 62.6 Å². The minimum Gasteiger partial charge on any atom is -0.324 e. The monoisotopic (exact) mass is 437 g/mol. The highest BCUT2D eigenvalue weighted by atomic mass is 35.5. The van der Waals surface area contributed by atoms with E-state index in [-0.39, 0.29) is 17.3 Å². The Morgan fingerprint density at radius 2 is 1.93 bits per heavy atom. The maximum Gasteiger partial charge on any atom is 0.269 e. The number of hydrogen-bond acceptors (Lipinski definition) is 6. The molecule has 2 aromatic carbocycles. The Morgan fingerprint density at radius 3 is 2.57 bits per heavy atom. The van der Waals surface area contributed by atoms with Gasteiger partial charge in [0.25, 0.3) is 5.69 Å². The van der Waals surface area contributed by atoms with Gasteiger partial charge in [0.15, 0.2) is 11.0 Å². The van der Waals surface area contributed by atoms with Gasteiger partial charge in [0.2, 0.25) is 5.91 Å². The fourth-order valence-corrected chi connectivity index (χ4v) is 3.50. The van der Waals surface area contributed by atoms with Crippen LogP contribution in [0.1, 0.15) is 0 Å². The van der Waals surface area contributed by atoms with Crippen LogP contribution in [-0.2, 0) is 11.8 Å². The number of aromatic nitrogens is 3. The van der Waals surface area contributed by atoms with E-state index in [0.29, 0.717) is 32.3 Å². The van der Waals surface area contributed by atoms with Crippen molar-refractivity contribution in [2.75, 3.05) is 11.1 Å². The Hall–Kier alpha value is -2.62. The molecule has 28 heavy (non-hydrogen) atoms. The van der Waals surface area contributed by atoms with Gasteiger partial charge in [-0.05, 0) is 30.3 Å². The maximum atomic E-state index is 12.2. The fourth-order valence-electron chi connectivity index (χ4n) is 2.33. The molecule has 0 saturated heterocycles. The molecule has 0 aliphatic rings. The van der Waals surface area contributed by atoms with E-state index in [0.717, 1.165) is 0 Å². The number of nitro benzene ring substituents is 1. The highest BCUT2D eigenvalue weighted by molar-refractivity contribution is 7.99. The van der Waals surface area contributed by atoms with Crippen LogP contribution in [0.5, 0.6) is 0 Å². The van der Waals surface area contributed by atoms with E-state index < -0.39 is 4.92 Å². The second-order valence-electron chi connectivity index (χ2n) is 5.63. The zero-order valence-corrected chi connectivity index (χ0v) is 16.8. The quantitative estimate of drug-likeness (QED) is 0.347. The third-order valence-electron chi connectivity index (χ3n) is 3.71. The molecule has 1 aromatic heterocycles. The van der Waals surface area contributed by atoms with E-state index in [4.69, 9.17) is 23.2 Å². The molecule has 0 radical (unpaired) electrons. The van der Waals surface area contributed by atoms with Gasteiger partial charge in [-0.25, -0.2) is 0 Å². The first-order valence-electron chi connectivity index (χ1n) is 7.87. The second kappa shape index (κ2) is 8.59. The zero-order chi connectivity index (χ0) is 20.3. The molecule has 1 amide bonds. The number of halogens is 2. The average Bonchev–Trinajstić information content (AvgIpc) is 3.03. The highest BCUT2D eigenvalue weighted by Crippen LogP contribution is 2.27. The molecule has 0 saturated carbocycles. The first-order valence-corrected chi connectivity index (χ1v) is 9.61. The Kier molecular flexibility index (Phi) is 6.18. The summed E-state index contributed by atoms with van der Waals surface area (Å²) < 4.78 is 1.72. The molecular formula is C17H13Cl2N5O3S. The van der Waals surface area contributed by atoms with Gasteiger partial charge in [-0.1, -0.05) is 35.0 Å². The smallest absolute Gasteiger partial charge is 0.269 e. The maximum absolute atomic E-state index is 12.2.